The molecule has 9 heteroatoms. The summed E-state index contributed by atoms with van der Waals surface area (Å²) in [5.41, 5.74) is 0. The van der Waals surface area contributed by atoms with E-state index in [1.807, 2.05) is 0 Å². The van der Waals surface area contributed by atoms with Crippen molar-refractivity contribution >= 4 is 23.7 Å². The second-order valence-electron chi connectivity index (χ2n) is 3.77. The first-order valence-corrected chi connectivity index (χ1v) is 5.79. The molecule has 21 heavy (non-hydrogen) atoms. The second-order valence-corrected chi connectivity index (χ2v) is 3.77. The molecule has 0 spiro atoms. The van der Waals surface area contributed by atoms with Crippen molar-refractivity contribution in [3.63, 3.8) is 0 Å². The standard InChI is InChI=1S/C7H12O3.C5H8O4.Li.H2O/c1-6(8)4-3-5-7(9)10-2;6-4(7)2-1-3-5(8)9;;/h3-5H2,1-2H3;1-3H2,(H,6,7)(H,8,9);;1H2/q;;+1;/p-1. The first kappa shape index (κ1) is 27.9. The molecule has 0 radical (unpaired) electrons. The van der Waals surface area contributed by atoms with Crippen LogP contribution in [0.1, 0.15) is 45.4 Å². The molecule has 0 aliphatic carbocycles. The first-order valence-electron chi connectivity index (χ1n) is 5.79. The molecule has 0 unspecified atom stereocenters. The molecule has 0 aliphatic heterocycles. The van der Waals surface area contributed by atoms with E-state index in [-0.39, 0.29) is 55.4 Å². The van der Waals surface area contributed by atoms with Gasteiger partial charge in [-0.15, -0.1) is 0 Å². The monoisotopic (exact) mass is 300 g/mol. The van der Waals surface area contributed by atoms with E-state index in [1.54, 1.807) is 0 Å². The summed E-state index contributed by atoms with van der Waals surface area (Å²) in [5.74, 6) is -2.03. The number of carbonyl (C=O) groups is 4. The van der Waals surface area contributed by atoms with E-state index >= 15 is 0 Å². The molecule has 0 saturated heterocycles. The Labute approximate surface area is 135 Å². The summed E-state index contributed by atoms with van der Waals surface area (Å²) < 4.78 is 4.38. The van der Waals surface area contributed by atoms with Crippen LogP contribution >= 0.6 is 0 Å². The van der Waals surface area contributed by atoms with Crippen molar-refractivity contribution in [1.82, 2.24) is 0 Å². The van der Waals surface area contributed by atoms with Gasteiger partial charge in [0.1, 0.15) is 5.78 Å². The van der Waals surface area contributed by atoms with Gasteiger partial charge < -0.3 is 25.2 Å². The molecular weight excluding hydrogens is 279 g/mol. The number of carboxylic acids is 2. The van der Waals surface area contributed by atoms with Gasteiger partial charge in [-0.05, 0) is 19.8 Å². The van der Waals surface area contributed by atoms with E-state index < -0.39 is 11.9 Å². The van der Waals surface area contributed by atoms with E-state index in [4.69, 9.17) is 10.2 Å². The number of ether oxygens (including phenoxy) is 1. The van der Waals surface area contributed by atoms with Crippen LogP contribution in [0.2, 0.25) is 0 Å². The fourth-order valence-corrected chi connectivity index (χ4v) is 0.975. The van der Waals surface area contributed by atoms with Gasteiger partial charge in [0.05, 0.1) is 7.11 Å². The van der Waals surface area contributed by atoms with Gasteiger partial charge in [0.25, 0.3) is 0 Å². The molecule has 0 saturated carbocycles. The Balaban J connectivity index is -0.000000126. The second kappa shape index (κ2) is 18.6. The fourth-order valence-electron chi connectivity index (χ4n) is 0.975. The van der Waals surface area contributed by atoms with Crippen molar-refractivity contribution < 1.29 is 58.5 Å². The van der Waals surface area contributed by atoms with E-state index in [0.29, 0.717) is 19.3 Å². The molecule has 0 aliphatic rings. The molecule has 0 heterocycles. The zero-order valence-electron chi connectivity index (χ0n) is 12.6. The maximum atomic E-state index is 10.5. The van der Waals surface area contributed by atoms with Crippen molar-refractivity contribution in [2.45, 2.75) is 45.4 Å². The number of hydrogen-bond acceptors (Lipinski definition) is 6. The van der Waals surface area contributed by atoms with Crippen LogP contribution in [0.4, 0.5) is 0 Å². The van der Waals surface area contributed by atoms with Gasteiger partial charge in [-0.25, -0.2) is 0 Å². The van der Waals surface area contributed by atoms with E-state index in [2.05, 4.69) is 4.74 Å². The molecule has 0 aromatic carbocycles. The predicted octanol–water partition coefficient (Wildman–Crippen LogP) is -1.93. The molecule has 0 fully saturated rings. The van der Waals surface area contributed by atoms with Gasteiger partial charge in [0, 0.05) is 25.7 Å². The minimum atomic E-state index is -0.948. The number of methoxy groups -OCH3 is 1. The topological polar surface area (TPSA) is 148 Å². The summed E-state index contributed by atoms with van der Waals surface area (Å²) in [6.07, 6.45) is 1.50. The third-order valence-electron chi connectivity index (χ3n) is 1.92. The van der Waals surface area contributed by atoms with Crippen LogP contribution in [-0.4, -0.2) is 46.5 Å². The third kappa shape index (κ3) is 32.3. The Kier molecular flexibility index (Phi) is 24.8. The number of aliphatic carboxylic acids is 2. The zero-order valence-corrected chi connectivity index (χ0v) is 12.6. The smallest absolute Gasteiger partial charge is 0.870 e. The van der Waals surface area contributed by atoms with Crippen LogP contribution in [-0.2, 0) is 23.9 Å². The van der Waals surface area contributed by atoms with Crippen LogP contribution in [0.5, 0.6) is 0 Å². The molecular formula is C12H21LiO8. The van der Waals surface area contributed by atoms with Crippen LogP contribution in [0.15, 0.2) is 0 Å². The Morgan fingerprint density at radius 1 is 0.857 bits per heavy atom. The summed E-state index contributed by atoms with van der Waals surface area (Å²) in [4.78, 5) is 40.4. The fraction of sp³-hybridized carbons (Fsp3) is 0.667. The maximum absolute atomic E-state index is 10.5. The molecule has 0 aromatic rings. The molecule has 0 amide bonds. The number of hydrogen-bond donors (Lipinski definition) is 2. The van der Waals surface area contributed by atoms with Gasteiger partial charge in [-0.3, -0.25) is 14.4 Å². The van der Waals surface area contributed by atoms with Crippen molar-refractivity contribution in [1.29, 1.82) is 0 Å². The number of rotatable bonds is 8. The molecule has 0 bridgehead atoms. The SMILES string of the molecule is COC(=O)CCCC(C)=O.O=C(O)CCCC(=O)O.[Li+].[OH-]. The molecule has 0 rings (SSSR count). The van der Waals surface area contributed by atoms with Crippen molar-refractivity contribution in [2.75, 3.05) is 7.11 Å². The van der Waals surface area contributed by atoms with Crippen molar-refractivity contribution in [3.8, 4) is 0 Å². The third-order valence-corrected chi connectivity index (χ3v) is 1.92. The van der Waals surface area contributed by atoms with Crippen LogP contribution in [0.3, 0.4) is 0 Å². The van der Waals surface area contributed by atoms with Crippen LogP contribution in [0.25, 0.3) is 0 Å². The predicted molar refractivity (Wildman–Crippen MR) is 67.6 cm³/mol. The molecule has 8 nitrogen and oxygen atoms in total. The van der Waals surface area contributed by atoms with Gasteiger partial charge in [0.2, 0.25) is 0 Å². The van der Waals surface area contributed by atoms with Gasteiger partial charge in [-0.2, -0.15) is 0 Å². The number of carboxylic acid groups (broad SMARTS) is 2. The molecule has 118 valence electrons. The van der Waals surface area contributed by atoms with Crippen molar-refractivity contribution in [3.05, 3.63) is 0 Å². The molecule has 3 N–H and O–H groups in total. The Hall–Kier alpha value is -1.36. The normalized spacial score (nSPS) is 8.10. The number of carbonyl (C=O) groups excluding carboxylic acids is 2. The summed E-state index contributed by atoms with van der Waals surface area (Å²) >= 11 is 0. The first-order chi connectivity index (χ1) is 8.79. The number of esters is 1. The maximum Gasteiger partial charge on any atom is 1.00 e. The van der Waals surface area contributed by atoms with Crippen LogP contribution in [0, 0.1) is 0 Å². The van der Waals surface area contributed by atoms with Gasteiger partial charge in [-0.1, -0.05) is 0 Å². The summed E-state index contributed by atoms with van der Waals surface area (Å²) in [7, 11) is 1.34. The van der Waals surface area contributed by atoms with E-state index in [0.717, 1.165) is 0 Å². The molecule has 0 aromatic heterocycles. The average Bonchev–Trinajstić information content (AvgIpc) is 2.28. The average molecular weight is 300 g/mol. The largest absolute Gasteiger partial charge is 1.00 e. The summed E-state index contributed by atoms with van der Waals surface area (Å²) in [5, 5.41) is 16.1. The Morgan fingerprint density at radius 3 is 1.52 bits per heavy atom. The quantitative estimate of drug-likeness (QED) is 0.389. The minimum Gasteiger partial charge on any atom is -0.870 e. The minimum absolute atomic E-state index is 0. The van der Waals surface area contributed by atoms with Gasteiger partial charge >= 0.3 is 36.8 Å². The number of Topliss-reactive ketones (excluding diaryl/α,β-unsaturated/α-hetero) is 1. The summed E-state index contributed by atoms with van der Waals surface area (Å²) in [6, 6.07) is 0. The van der Waals surface area contributed by atoms with E-state index in [1.165, 1.54) is 14.0 Å². The Bertz CT molecular complexity index is 302. The van der Waals surface area contributed by atoms with Gasteiger partial charge in [0.15, 0.2) is 0 Å². The van der Waals surface area contributed by atoms with E-state index in [9.17, 15) is 19.2 Å². The molecule has 0 atom stereocenters. The number of ketones is 1. The Morgan fingerprint density at radius 2 is 1.24 bits per heavy atom. The summed E-state index contributed by atoms with van der Waals surface area (Å²) in [6.45, 7) is 1.51. The van der Waals surface area contributed by atoms with Crippen molar-refractivity contribution in [2.24, 2.45) is 0 Å². The zero-order chi connectivity index (χ0) is 15.3. The van der Waals surface area contributed by atoms with Crippen LogP contribution < -0.4 is 18.9 Å².